The number of esters is 1. The molecule has 0 bridgehead atoms. The van der Waals surface area contributed by atoms with Crippen LogP contribution in [0.1, 0.15) is 18.1 Å². The van der Waals surface area contributed by atoms with E-state index in [2.05, 4.69) is 5.32 Å². The molecule has 0 aliphatic heterocycles. The summed E-state index contributed by atoms with van der Waals surface area (Å²) in [6.45, 7) is 1.55. The van der Waals surface area contributed by atoms with Gasteiger partial charge in [0.2, 0.25) is 5.91 Å². The molecule has 0 saturated heterocycles. The molecule has 0 radical (unpaired) electrons. The fourth-order valence-corrected chi connectivity index (χ4v) is 2.25. The number of benzene rings is 2. The molecule has 2 aromatic carbocycles. The number of hydrogen-bond acceptors (Lipinski definition) is 3. The van der Waals surface area contributed by atoms with Gasteiger partial charge in [-0.2, -0.15) is 0 Å². The van der Waals surface area contributed by atoms with Gasteiger partial charge in [0.1, 0.15) is 12.6 Å². The third kappa shape index (κ3) is 5.75. The van der Waals surface area contributed by atoms with Crippen LogP contribution >= 0.6 is 11.6 Å². The molecule has 2 aromatic rings. The maximum atomic E-state index is 12.3. The first-order valence-electron chi connectivity index (χ1n) is 7.26. The molecule has 0 heterocycles. The standard InChI is InChI=1S/C18H18ClNO3/c1-13(21)20-17(11-14-7-9-16(19)10-8-14)18(22)23-12-15-5-3-2-4-6-15/h2-10,17H,11-12H2,1H3,(H,20,21)/t17-/m0/s1. The Labute approximate surface area is 140 Å². The molecule has 4 nitrogen and oxygen atoms in total. The molecule has 23 heavy (non-hydrogen) atoms. The van der Waals surface area contributed by atoms with E-state index in [-0.39, 0.29) is 12.5 Å². The van der Waals surface area contributed by atoms with Crippen molar-refractivity contribution in [3.05, 3.63) is 70.7 Å². The van der Waals surface area contributed by atoms with E-state index in [0.29, 0.717) is 11.4 Å². The predicted octanol–water partition coefficient (Wildman–Crippen LogP) is 3.13. The van der Waals surface area contributed by atoms with Crippen molar-refractivity contribution in [3.8, 4) is 0 Å². The van der Waals surface area contributed by atoms with Crippen molar-refractivity contribution in [3.63, 3.8) is 0 Å². The Morgan fingerprint density at radius 1 is 1.04 bits per heavy atom. The van der Waals surface area contributed by atoms with Gasteiger partial charge in [-0.1, -0.05) is 54.1 Å². The van der Waals surface area contributed by atoms with Gasteiger partial charge in [0.05, 0.1) is 0 Å². The van der Waals surface area contributed by atoms with E-state index in [4.69, 9.17) is 16.3 Å². The van der Waals surface area contributed by atoms with Crippen LogP contribution in [0, 0.1) is 0 Å². The quantitative estimate of drug-likeness (QED) is 0.827. The van der Waals surface area contributed by atoms with Gasteiger partial charge in [0.15, 0.2) is 0 Å². The maximum Gasteiger partial charge on any atom is 0.329 e. The summed E-state index contributed by atoms with van der Waals surface area (Å²) in [6.07, 6.45) is 0.352. The van der Waals surface area contributed by atoms with E-state index in [1.54, 1.807) is 12.1 Å². The Morgan fingerprint density at radius 2 is 1.70 bits per heavy atom. The second-order valence-corrected chi connectivity index (χ2v) is 5.61. The zero-order chi connectivity index (χ0) is 16.7. The normalized spacial score (nSPS) is 11.6. The summed E-state index contributed by atoms with van der Waals surface area (Å²) in [5, 5.41) is 3.25. The minimum absolute atomic E-state index is 0.177. The lowest BCUT2D eigenvalue weighted by molar-refractivity contribution is -0.149. The highest BCUT2D eigenvalue weighted by atomic mass is 35.5. The van der Waals surface area contributed by atoms with Crippen LogP contribution in [0.3, 0.4) is 0 Å². The number of rotatable bonds is 6. The first-order valence-corrected chi connectivity index (χ1v) is 7.64. The van der Waals surface area contributed by atoms with Crippen molar-refractivity contribution in [2.45, 2.75) is 26.0 Å². The molecule has 0 spiro atoms. The van der Waals surface area contributed by atoms with Crippen molar-refractivity contribution in [1.82, 2.24) is 5.32 Å². The highest BCUT2D eigenvalue weighted by Crippen LogP contribution is 2.12. The summed E-state index contributed by atoms with van der Waals surface area (Å²) in [4.78, 5) is 23.6. The molecular weight excluding hydrogens is 314 g/mol. The Bertz CT molecular complexity index is 656. The summed E-state index contributed by atoms with van der Waals surface area (Å²) in [5.74, 6) is -0.736. The Kier molecular flexibility index (Phi) is 6.18. The SMILES string of the molecule is CC(=O)N[C@@H](Cc1ccc(Cl)cc1)C(=O)OCc1ccccc1. The minimum atomic E-state index is -0.725. The zero-order valence-electron chi connectivity index (χ0n) is 12.8. The fraction of sp³-hybridized carbons (Fsp3) is 0.222. The van der Waals surface area contributed by atoms with Crippen LogP contribution in [-0.4, -0.2) is 17.9 Å². The summed E-state index contributed by atoms with van der Waals surface area (Å²) in [5.41, 5.74) is 1.79. The van der Waals surface area contributed by atoms with Crippen molar-refractivity contribution in [2.75, 3.05) is 0 Å². The molecule has 0 unspecified atom stereocenters. The van der Waals surface area contributed by atoms with Crippen molar-refractivity contribution in [1.29, 1.82) is 0 Å². The van der Waals surface area contributed by atoms with Gasteiger partial charge in [0, 0.05) is 18.4 Å². The van der Waals surface area contributed by atoms with Gasteiger partial charge in [0.25, 0.3) is 0 Å². The number of halogens is 1. The minimum Gasteiger partial charge on any atom is -0.459 e. The highest BCUT2D eigenvalue weighted by molar-refractivity contribution is 6.30. The summed E-state index contributed by atoms with van der Waals surface area (Å²) < 4.78 is 5.31. The Balaban J connectivity index is 2.00. The summed E-state index contributed by atoms with van der Waals surface area (Å²) in [7, 11) is 0. The van der Waals surface area contributed by atoms with E-state index >= 15 is 0 Å². The second-order valence-electron chi connectivity index (χ2n) is 5.18. The largest absolute Gasteiger partial charge is 0.459 e. The van der Waals surface area contributed by atoms with Gasteiger partial charge in [-0.3, -0.25) is 4.79 Å². The lowest BCUT2D eigenvalue weighted by Crippen LogP contribution is -2.42. The average molecular weight is 332 g/mol. The van der Waals surface area contributed by atoms with Crippen molar-refractivity contribution in [2.24, 2.45) is 0 Å². The van der Waals surface area contributed by atoms with E-state index in [1.807, 2.05) is 42.5 Å². The van der Waals surface area contributed by atoms with Gasteiger partial charge in [-0.05, 0) is 23.3 Å². The first-order chi connectivity index (χ1) is 11.0. The van der Waals surface area contributed by atoms with Crippen LogP contribution in [-0.2, 0) is 27.4 Å². The van der Waals surface area contributed by atoms with Gasteiger partial charge >= 0.3 is 5.97 Å². The third-order valence-electron chi connectivity index (χ3n) is 3.24. The summed E-state index contributed by atoms with van der Waals surface area (Å²) in [6, 6.07) is 15.8. The van der Waals surface area contributed by atoms with E-state index in [9.17, 15) is 9.59 Å². The Hall–Kier alpha value is -2.33. The third-order valence-corrected chi connectivity index (χ3v) is 3.49. The number of nitrogens with one attached hydrogen (secondary N) is 1. The topological polar surface area (TPSA) is 55.4 Å². The molecule has 0 fully saturated rings. The first kappa shape index (κ1) is 17.0. The fourth-order valence-electron chi connectivity index (χ4n) is 2.12. The molecule has 1 amide bonds. The van der Waals surface area contributed by atoms with Crippen molar-refractivity contribution >= 4 is 23.5 Å². The van der Waals surface area contributed by atoms with Crippen molar-refractivity contribution < 1.29 is 14.3 Å². The molecule has 2 rings (SSSR count). The van der Waals surface area contributed by atoms with E-state index in [0.717, 1.165) is 11.1 Å². The predicted molar refractivity (Wildman–Crippen MR) is 89.0 cm³/mol. The average Bonchev–Trinajstić information content (AvgIpc) is 2.54. The number of ether oxygens (including phenoxy) is 1. The molecule has 1 N–H and O–H groups in total. The van der Waals surface area contributed by atoms with Crippen LogP contribution in [0.4, 0.5) is 0 Å². The number of amides is 1. The van der Waals surface area contributed by atoms with Crippen LogP contribution in [0.2, 0.25) is 5.02 Å². The molecule has 0 saturated carbocycles. The molecule has 5 heteroatoms. The zero-order valence-corrected chi connectivity index (χ0v) is 13.5. The maximum absolute atomic E-state index is 12.3. The monoisotopic (exact) mass is 331 g/mol. The Morgan fingerprint density at radius 3 is 2.30 bits per heavy atom. The molecule has 120 valence electrons. The molecular formula is C18H18ClNO3. The van der Waals surface area contributed by atoms with Gasteiger partial charge in [-0.25, -0.2) is 4.79 Å². The van der Waals surface area contributed by atoms with Crippen LogP contribution in [0.25, 0.3) is 0 Å². The lowest BCUT2D eigenvalue weighted by atomic mass is 10.1. The molecule has 0 aromatic heterocycles. The van der Waals surface area contributed by atoms with E-state index in [1.165, 1.54) is 6.92 Å². The second kappa shape index (κ2) is 8.34. The van der Waals surface area contributed by atoms with Gasteiger partial charge in [-0.15, -0.1) is 0 Å². The van der Waals surface area contributed by atoms with Crippen LogP contribution < -0.4 is 5.32 Å². The van der Waals surface area contributed by atoms with Crippen LogP contribution in [0.15, 0.2) is 54.6 Å². The molecule has 1 atom stereocenters. The number of carbonyl (C=O) groups excluding carboxylic acids is 2. The molecule has 0 aliphatic rings. The smallest absolute Gasteiger partial charge is 0.329 e. The number of hydrogen-bond donors (Lipinski definition) is 1. The molecule has 0 aliphatic carbocycles. The number of carbonyl (C=O) groups is 2. The summed E-state index contributed by atoms with van der Waals surface area (Å²) >= 11 is 5.85. The van der Waals surface area contributed by atoms with Crippen LogP contribution in [0.5, 0.6) is 0 Å². The van der Waals surface area contributed by atoms with Gasteiger partial charge < -0.3 is 10.1 Å². The lowest BCUT2D eigenvalue weighted by Gasteiger charge is -2.17. The highest BCUT2D eigenvalue weighted by Gasteiger charge is 2.21. The van der Waals surface area contributed by atoms with E-state index < -0.39 is 12.0 Å².